The molecule has 0 radical (unpaired) electrons. The van der Waals surface area contributed by atoms with Crippen LogP contribution in [-0.2, 0) is 0 Å². The molecule has 0 aliphatic carbocycles. The average Bonchev–Trinajstić information content (AvgIpc) is 2.50. The Balaban J connectivity index is 1.81. The quantitative estimate of drug-likeness (QED) is 0.855. The van der Waals surface area contributed by atoms with Crippen molar-refractivity contribution in [2.45, 2.75) is 38.6 Å². The number of rotatable bonds is 6. The number of hydrogen-bond acceptors (Lipinski definition) is 2. The van der Waals surface area contributed by atoms with Crippen LogP contribution in [0, 0.1) is 11.7 Å². The van der Waals surface area contributed by atoms with E-state index in [1.807, 2.05) is 19.2 Å². The lowest BCUT2D eigenvalue weighted by atomic mass is 9.94. The number of piperidine rings is 1. The summed E-state index contributed by atoms with van der Waals surface area (Å²) in [4.78, 5) is 2.57. The van der Waals surface area contributed by atoms with Crippen molar-refractivity contribution in [1.82, 2.24) is 10.2 Å². The summed E-state index contributed by atoms with van der Waals surface area (Å²) in [5.41, 5.74) is 1.18. The largest absolute Gasteiger partial charge is 0.313 e. The van der Waals surface area contributed by atoms with Crippen LogP contribution in [0.3, 0.4) is 0 Å². The van der Waals surface area contributed by atoms with Gasteiger partial charge in [0.2, 0.25) is 0 Å². The minimum absolute atomic E-state index is 0.162. The summed E-state index contributed by atoms with van der Waals surface area (Å²) in [5.74, 6) is 0.772. The molecular formula is C17H27FN2. The second kappa shape index (κ2) is 7.75. The lowest BCUT2D eigenvalue weighted by molar-refractivity contribution is 0.175. The van der Waals surface area contributed by atoms with E-state index in [2.05, 4.69) is 17.1 Å². The van der Waals surface area contributed by atoms with E-state index in [0.29, 0.717) is 6.04 Å². The normalized spacial score (nSPS) is 19.1. The maximum absolute atomic E-state index is 13.0. The summed E-state index contributed by atoms with van der Waals surface area (Å²) < 4.78 is 13.0. The molecule has 1 aliphatic heterocycles. The van der Waals surface area contributed by atoms with Gasteiger partial charge in [-0.1, -0.05) is 25.5 Å². The molecule has 2 nitrogen and oxygen atoms in total. The van der Waals surface area contributed by atoms with Crippen molar-refractivity contribution in [1.29, 1.82) is 0 Å². The summed E-state index contributed by atoms with van der Waals surface area (Å²) in [6.07, 6.45) is 5.09. The molecule has 1 N–H and O–H groups in total. The van der Waals surface area contributed by atoms with Gasteiger partial charge >= 0.3 is 0 Å². The molecule has 0 aromatic heterocycles. The van der Waals surface area contributed by atoms with E-state index >= 15 is 0 Å². The number of hydrogen-bond donors (Lipinski definition) is 1. The highest BCUT2D eigenvalue weighted by atomic mass is 19.1. The highest BCUT2D eigenvalue weighted by molar-refractivity contribution is 5.19. The molecule has 1 fully saturated rings. The molecule has 0 saturated carbocycles. The van der Waals surface area contributed by atoms with E-state index in [9.17, 15) is 4.39 Å². The van der Waals surface area contributed by atoms with Crippen molar-refractivity contribution in [3.63, 3.8) is 0 Å². The zero-order chi connectivity index (χ0) is 14.4. The van der Waals surface area contributed by atoms with Gasteiger partial charge in [-0.3, -0.25) is 0 Å². The monoisotopic (exact) mass is 278 g/mol. The smallest absolute Gasteiger partial charge is 0.123 e. The fourth-order valence-electron chi connectivity index (χ4n) is 3.10. The Kier molecular flexibility index (Phi) is 5.99. The van der Waals surface area contributed by atoms with Crippen LogP contribution in [0.4, 0.5) is 4.39 Å². The van der Waals surface area contributed by atoms with Gasteiger partial charge in [-0.25, -0.2) is 4.39 Å². The lowest BCUT2D eigenvalue weighted by Crippen LogP contribution is -2.35. The van der Waals surface area contributed by atoms with Gasteiger partial charge in [-0.05, 0) is 69.6 Å². The van der Waals surface area contributed by atoms with Crippen molar-refractivity contribution in [3.05, 3.63) is 35.6 Å². The van der Waals surface area contributed by atoms with E-state index in [0.717, 1.165) is 18.9 Å². The predicted molar refractivity (Wildman–Crippen MR) is 82.3 cm³/mol. The van der Waals surface area contributed by atoms with Crippen LogP contribution >= 0.6 is 0 Å². The Bertz CT molecular complexity index is 382. The van der Waals surface area contributed by atoms with Crippen LogP contribution in [0.5, 0.6) is 0 Å². The first-order valence-electron chi connectivity index (χ1n) is 7.88. The van der Waals surface area contributed by atoms with Crippen LogP contribution < -0.4 is 5.32 Å². The summed E-state index contributed by atoms with van der Waals surface area (Å²) in [7, 11) is 1.98. The number of benzene rings is 1. The summed E-state index contributed by atoms with van der Waals surface area (Å²) in [5, 5.41) is 3.35. The molecule has 1 aromatic rings. The lowest BCUT2D eigenvalue weighted by Gasteiger charge is -2.32. The van der Waals surface area contributed by atoms with E-state index in [1.54, 1.807) is 12.1 Å². The molecule has 3 heteroatoms. The molecule has 1 saturated heterocycles. The van der Waals surface area contributed by atoms with Gasteiger partial charge in [-0.15, -0.1) is 0 Å². The highest BCUT2D eigenvalue weighted by Gasteiger charge is 2.18. The topological polar surface area (TPSA) is 15.3 Å². The van der Waals surface area contributed by atoms with Crippen LogP contribution in [0.25, 0.3) is 0 Å². The third-order valence-corrected chi connectivity index (χ3v) is 4.64. The van der Waals surface area contributed by atoms with Gasteiger partial charge in [0, 0.05) is 6.04 Å². The first-order chi connectivity index (χ1) is 9.72. The Hall–Kier alpha value is -0.930. The maximum atomic E-state index is 13.0. The van der Waals surface area contributed by atoms with Gasteiger partial charge in [0.1, 0.15) is 5.82 Å². The fraction of sp³-hybridized carbons (Fsp3) is 0.647. The number of nitrogens with zero attached hydrogens (tertiary/aromatic N) is 1. The second-order valence-electron chi connectivity index (χ2n) is 5.87. The average molecular weight is 278 g/mol. The summed E-state index contributed by atoms with van der Waals surface area (Å²) in [6, 6.07) is 7.19. The van der Waals surface area contributed by atoms with E-state index in [4.69, 9.17) is 0 Å². The second-order valence-corrected chi connectivity index (χ2v) is 5.87. The van der Waals surface area contributed by atoms with Gasteiger partial charge in [0.05, 0.1) is 0 Å². The Labute approximate surface area is 122 Å². The third kappa shape index (κ3) is 4.29. The van der Waals surface area contributed by atoms with Gasteiger partial charge in [-0.2, -0.15) is 0 Å². The van der Waals surface area contributed by atoms with Crippen LogP contribution in [-0.4, -0.2) is 31.6 Å². The van der Waals surface area contributed by atoms with Crippen molar-refractivity contribution in [3.8, 4) is 0 Å². The Morgan fingerprint density at radius 3 is 2.45 bits per heavy atom. The SMILES string of the molecule is CCC1CCN(CCC(NC)c2ccc(F)cc2)CC1. The molecule has 20 heavy (non-hydrogen) atoms. The molecule has 2 rings (SSSR count). The maximum Gasteiger partial charge on any atom is 0.123 e. The first kappa shape index (κ1) is 15.5. The van der Waals surface area contributed by atoms with Gasteiger partial charge < -0.3 is 10.2 Å². The zero-order valence-corrected chi connectivity index (χ0v) is 12.7. The molecule has 0 amide bonds. The van der Waals surface area contributed by atoms with Crippen LogP contribution in [0.1, 0.15) is 44.2 Å². The molecule has 0 bridgehead atoms. The van der Waals surface area contributed by atoms with E-state index in [-0.39, 0.29) is 5.82 Å². The molecule has 1 heterocycles. The third-order valence-electron chi connectivity index (χ3n) is 4.64. The van der Waals surface area contributed by atoms with E-state index < -0.39 is 0 Å². The standard InChI is InChI=1S/C17H27FN2/c1-3-14-8-11-20(12-9-14)13-10-17(19-2)15-4-6-16(18)7-5-15/h4-7,14,17,19H,3,8-13H2,1-2H3. The van der Waals surface area contributed by atoms with Crippen LogP contribution in [0.15, 0.2) is 24.3 Å². The van der Waals surface area contributed by atoms with Gasteiger partial charge in [0.15, 0.2) is 0 Å². The highest BCUT2D eigenvalue weighted by Crippen LogP contribution is 2.22. The Morgan fingerprint density at radius 2 is 1.90 bits per heavy atom. The molecule has 1 unspecified atom stereocenters. The Morgan fingerprint density at radius 1 is 1.25 bits per heavy atom. The summed E-state index contributed by atoms with van der Waals surface area (Å²) in [6.45, 7) is 5.89. The predicted octanol–water partition coefficient (Wildman–Crippen LogP) is 3.60. The summed E-state index contributed by atoms with van der Waals surface area (Å²) >= 11 is 0. The molecular weight excluding hydrogens is 251 g/mol. The number of likely N-dealkylation sites (tertiary alicyclic amines) is 1. The zero-order valence-electron chi connectivity index (χ0n) is 12.7. The number of halogens is 1. The minimum atomic E-state index is -0.162. The molecule has 1 aromatic carbocycles. The van der Waals surface area contributed by atoms with Crippen molar-refractivity contribution in [2.75, 3.05) is 26.7 Å². The molecule has 1 aliphatic rings. The molecule has 1 atom stereocenters. The van der Waals surface area contributed by atoms with Gasteiger partial charge in [0.25, 0.3) is 0 Å². The van der Waals surface area contributed by atoms with Crippen molar-refractivity contribution in [2.24, 2.45) is 5.92 Å². The van der Waals surface area contributed by atoms with Crippen molar-refractivity contribution >= 4 is 0 Å². The molecule has 112 valence electrons. The van der Waals surface area contributed by atoms with Crippen molar-refractivity contribution < 1.29 is 4.39 Å². The number of nitrogens with one attached hydrogen (secondary N) is 1. The fourth-order valence-corrected chi connectivity index (χ4v) is 3.10. The van der Waals surface area contributed by atoms with Crippen LogP contribution in [0.2, 0.25) is 0 Å². The molecule has 0 spiro atoms. The first-order valence-corrected chi connectivity index (χ1v) is 7.88. The van der Waals surface area contributed by atoms with E-state index in [1.165, 1.54) is 37.9 Å². The minimum Gasteiger partial charge on any atom is -0.313 e.